The van der Waals surface area contributed by atoms with E-state index in [1.54, 1.807) is 0 Å². The molecule has 2 aromatic rings. The summed E-state index contributed by atoms with van der Waals surface area (Å²) < 4.78 is 4.62. The van der Waals surface area contributed by atoms with Gasteiger partial charge in [0.2, 0.25) is 0 Å². The Balaban J connectivity index is 2.64. The Bertz CT molecular complexity index is 610. The molecule has 0 unspecified atom stereocenters. The summed E-state index contributed by atoms with van der Waals surface area (Å²) in [4.78, 5) is 27.9. The third-order valence-electron chi connectivity index (χ3n) is 2.53. The number of imidazole rings is 1. The molecule has 1 heterocycles. The van der Waals surface area contributed by atoms with E-state index < -0.39 is 11.7 Å². The minimum atomic E-state index is -0.568. The van der Waals surface area contributed by atoms with Crippen LogP contribution < -0.4 is 5.69 Å². The Labute approximate surface area is 97.4 Å². The van der Waals surface area contributed by atoms with E-state index in [-0.39, 0.29) is 5.69 Å². The van der Waals surface area contributed by atoms with Crippen LogP contribution in [-0.4, -0.2) is 23.0 Å². The number of esters is 1. The molecule has 5 nitrogen and oxygen atoms in total. The average Bonchev–Trinajstić information content (AvgIpc) is 2.71. The van der Waals surface area contributed by atoms with Crippen LogP contribution in [0.1, 0.15) is 16.1 Å². The van der Waals surface area contributed by atoms with Crippen LogP contribution in [0.2, 0.25) is 0 Å². The highest BCUT2D eigenvalue weighted by Crippen LogP contribution is 2.23. The van der Waals surface area contributed by atoms with Gasteiger partial charge in [-0.15, -0.1) is 0 Å². The number of methoxy groups -OCH3 is 1. The fourth-order valence-electron chi connectivity index (χ4n) is 1.69. The number of aromatic nitrogens is 2. The van der Waals surface area contributed by atoms with Crippen LogP contribution in [-0.2, 0) is 4.74 Å². The molecule has 0 spiro atoms. The summed E-state index contributed by atoms with van der Waals surface area (Å²) in [6.07, 6.45) is 0. The van der Waals surface area contributed by atoms with Crippen molar-refractivity contribution < 1.29 is 9.53 Å². The van der Waals surface area contributed by atoms with Crippen molar-refractivity contribution in [2.24, 2.45) is 0 Å². The molecule has 0 atom stereocenters. The first kappa shape index (κ1) is 11.2. The summed E-state index contributed by atoms with van der Waals surface area (Å²) in [6, 6.07) is 7.47. The van der Waals surface area contributed by atoms with E-state index in [0.717, 1.165) is 11.1 Å². The highest BCUT2D eigenvalue weighted by atomic mass is 16.5. The number of H-pyrrole nitrogens is 2. The van der Waals surface area contributed by atoms with E-state index in [1.165, 1.54) is 7.11 Å². The van der Waals surface area contributed by atoms with Crippen LogP contribution in [0.4, 0.5) is 0 Å². The fraction of sp³-hybridized carbons (Fsp3) is 0.167. The van der Waals surface area contributed by atoms with Gasteiger partial charge >= 0.3 is 11.7 Å². The maximum Gasteiger partial charge on any atom is 0.356 e. The number of carbonyl (C=O) groups is 1. The van der Waals surface area contributed by atoms with Crippen LogP contribution in [0.25, 0.3) is 11.3 Å². The Kier molecular flexibility index (Phi) is 2.82. The molecular formula is C12H12N2O3. The van der Waals surface area contributed by atoms with Gasteiger partial charge in [-0.25, -0.2) is 9.59 Å². The molecule has 0 saturated carbocycles. The predicted octanol–water partition coefficient (Wildman–Crippen LogP) is 1.47. The molecule has 5 heteroatoms. The summed E-state index contributed by atoms with van der Waals surface area (Å²) in [6.45, 7) is 1.90. The maximum absolute atomic E-state index is 11.5. The molecule has 0 amide bonds. The van der Waals surface area contributed by atoms with Gasteiger partial charge in [0.05, 0.1) is 12.8 Å². The smallest absolute Gasteiger partial charge is 0.356 e. The monoisotopic (exact) mass is 232 g/mol. The second-order valence-corrected chi connectivity index (χ2v) is 3.64. The summed E-state index contributed by atoms with van der Waals surface area (Å²) >= 11 is 0. The molecule has 17 heavy (non-hydrogen) atoms. The van der Waals surface area contributed by atoms with Crippen molar-refractivity contribution in [3.05, 3.63) is 46.0 Å². The van der Waals surface area contributed by atoms with E-state index in [2.05, 4.69) is 14.7 Å². The molecule has 0 saturated heterocycles. The van der Waals surface area contributed by atoms with Crippen LogP contribution in [0.15, 0.2) is 29.1 Å². The SMILES string of the molecule is COC(=O)c1[nH]c(=O)[nH]c1-c1ccccc1C. The lowest BCUT2D eigenvalue weighted by atomic mass is 10.0. The molecular weight excluding hydrogens is 220 g/mol. The molecule has 0 aliphatic carbocycles. The molecule has 1 aromatic carbocycles. The number of rotatable bonds is 2. The van der Waals surface area contributed by atoms with Gasteiger partial charge < -0.3 is 9.72 Å². The van der Waals surface area contributed by atoms with Gasteiger partial charge in [-0.05, 0) is 12.5 Å². The van der Waals surface area contributed by atoms with Gasteiger partial charge in [0, 0.05) is 5.56 Å². The standard InChI is InChI=1S/C12H12N2O3/c1-7-5-3-4-6-8(7)9-10(11(15)17-2)14-12(16)13-9/h3-6H,1-2H3,(H2,13,14,16). The topological polar surface area (TPSA) is 75.0 Å². The van der Waals surface area contributed by atoms with Gasteiger partial charge in [0.25, 0.3) is 0 Å². The van der Waals surface area contributed by atoms with Crippen LogP contribution in [0.3, 0.4) is 0 Å². The first-order valence-electron chi connectivity index (χ1n) is 5.10. The van der Waals surface area contributed by atoms with Gasteiger partial charge in [-0.1, -0.05) is 24.3 Å². The Morgan fingerprint density at radius 2 is 1.94 bits per heavy atom. The third-order valence-corrected chi connectivity index (χ3v) is 2.53. The summed E-state index contributed by atoms with van der Waals surface area (Å²) in [7, 11) is 1.27. The zero-order valence-corrected chi connectivity index (χ0v) is 9.53. The average molecular weight is 232 g/mol. The highest BCUT2D eigenvalue weighted by Gasteiger charge is 2.17. The largest absolute Gasteiger partial charge is 0.464 e. The zero-order valence-electron chi connectivity index (χ0n) is 9.53. The Hall–Kier alpha value is -2.30. The molecule has 1 aromatic heterocycles. The van der Waals surface area contributed by atoms with Gasteiger partial charge in [-0.2, -0.15) is 0 Å². The maximum atomic E-state index is 11.5. The number of aromatic amines is 2. The number of aryl methyl sites for hydroxylation is 1. The summed E-state index contributed by atoms with van der Waals surface area (Å²) in [5.74, 6) is -0.568. The molecule has 2 N–H and O–H groups in total. The summed E-state index contributed by atoms with van der Waals surface area (Å²) in [5, 5.41) is 0. The van der Waals surface area contributed by atoms with Crippen molar-refractivity contribution in [1.29, 1.82) is 0 Å². The normalized spacial score (nSPS) is 10.2. The lowest BCUT2D eigenvalue weighted by Gasteiger charge is -2.04. The minimum absolute atomic E-state index is 0.145. The van der Waals surface area contributed by atoms with Crippen molar-refractivity contribution >= 4 is 5.97 Å². The Morgan fingerprint density at radius 3 is 2.59 bits per heavy atom. The molecule has 0 fully saturated rings. The Morgan fingerprint density at radius 1 is 1.24 bits per heavy atom. The third kappa shape index (κ3) is 1.99. The first-order valence-corrected chi connectivity index (χ1v) is 5.10. The van der Waals surface area contributed by atoms with Gasteiger partial charge in [-0.3, -0.25) is 4.98 Å². The van der Waals surface area contributed by atoms with E-state index in [0.29, 0.717) is 5.69 Å². The molecule has 2 rings (SSSR count). The second kappa shape index (κ2) is 4.29. The van der Waals surface area contributed by atoms with Crippen molar-refractivity contribution in [2.45, 2.75) is 6.92 Å². The first-order chi connectivity index (χ1) is 8.13. The van der Waals surface area contributed by atoms with E-state index in [9.17, 15) is 9.59 Å². The number of hydrogen-bond donors (Lipinski definition) is 2. The highest BCUT2D eigenvalue weighted by molar-refractivity contribution is 5.94. The van der Waals surface area contributed by atoms with Crippen LogP contribution in [0.5, 0.6) is 0 Å². The van der Waals surface area contributed by atoms with Crippen molar-refractivity contribution in [2.75, 3.05) is 7.11 Å². The second-order valence-electron chi connectivity index (χ2n) is 3.64. The zero-order chi connectivity index (χ0) is 12.4. The molecule has 0 aliphatic heterocycles. The van der Waals surface area contributed by atoms with E-state index in [1.807, 2.05) is 31.2 Å². The van der Waals surface area contributed by atoms with E-state index in [4.69, 9.17) is 0 Å². The number of nitrogens with one attached hydrogen (secondary N) is 2. The van der Waals surface area contributed by atoms with Crippen LogP contribution in [0, 0.1) is 6.92 Å². The lowest BCUT2D eigenvalue weighted by molar-refractivity contribution is 0.0595. The molecule has 0 radical (unpaired) electrons. The number of benzene rings is 1. The van der Waals surface area contributed by atoms with Crippen molar-refractivity contribution in [1.82, 2.24) is 9.97 Å². The molecule has 0 bridgehead atoms. The lowest BCUT2D eigenvalue weighted by Crippen LogP contribution is -2.06. The van der Waals surface area contributed by atoms with Gasteiger partial charge in [0.1, 0.15) is 0 Å². The van der Waals surface area contributed by atoms with Crippen molar-refractivity contribution in [3.8, 4) is 11.3 Å². The quantitative estimate of drug-likeness (QED) is 0.770. The van der Waals surface area contributed by atoms with Crippen LogP contribution >= 0.6 is 0 Å². The van der Waals surface area contributed by atoms with E-state index >= 15 is 0 Å². The fourth-order valence-corrected chi connectivity index (χ4v) is 1.69. The minimum Gasteiger partial charge on any atom is -0.464 e. The molecule has 88 valence electrons. The number of carbonyl (C=O) groups excluding carboxylic acids is 1. The molecule has 0 aliphatic rings. The number of ether oxygens (including phenoxy) is 1. The predicted molar refractivity (Wildman–Crippen MR) is 62.9 cm³/mol. The number of hydrogen-bond acceptors (Lipinski definition) is 3. The van der Waals surface area contributed by atoms with Gasteiger partial charge in [0.15, 0.2) is 5.69 Å². The van der Waals surface area contributed by atoms with Crippen molar-refractivity contribution in [3.63, 3.8) is 0 Å². The summed E-state index contributed by atoms with van der Waals surface area (Å²) in [5.41, 5.74) is 1.94.